The van der Waals surface area contributed by atoms with E-state index in [1.165, 1.54) is 0 Å². The molecule has 0 bridgehead atoms. The van der Waals surface area contributed by atoms with Crippen molar-refractivity contribution in [3.8, 4) is 0 Å². The number of nitrogens with zero attached hydrogens (tertiary/aromatic N) is 1. The Morgan fingerprint density at radius 3 is 2.95 bits per heavy atom. The highest BCUT2D eigenvalue weighted by Gasteiger charge is 2.17. The van der Waals surface area contributed by atoms with Crippen molar-refractivity contribution in [1.82, 2.24) is 10.3 Å². The number of rotatable bonds is 6. The first-order valence-corrected chi connectivity index (χ1v) is 7.47. The molecule has 4 heteroatoms. The molecule has 1 aromatic carbocycles. The lowest BCUT2D eigenvalue weighted by Crippen LogP contribution is -2.25. The van der Waals surface area contributed by atoms with Gasteiger partial charge < -0.3 is 5.32 Å². The molecule has 0 saturated heterocycles. The van der Waals surface area contributed by atoms with Crippen LogP contribution in [0.1, 0.15) is 35.5 Å². The van der Waals surface area contributed by atoms with Gasteiger partial charge in [0, 0.05) is 29.6 Å². The SMILES string of the molecule is CCCNC(Cc1nccs1)c1cccc(C)c1F. The molecule has 0 aliphatic rings. The molecule has 1 N–H and O–H groups in total. The Bertz CT molecular complexity index is 511. The van der Waals surface area contributed by atoms with Crippen molar-refractivity contribution in [3.05, 3.63) is 51.7 Å². The van der Waals surface area contributed by atoms with Crippen molar-refractivity contribution in [1.29, 1.82) is 0 Å². The number of aromatic nitrogens is 1. The second kappa shape index (κ2) is 6.78. The van der Waals surface area contributed by atoms with Gasteiger partial charge in [-0.15, -0.1) is 11.3 Å². The maximum atomic E-state index is 14.3. The van der Waals surface area contributed by atoms with Crippen LogP contribution in [0.5, 0.6) is 0 Å². The van der Waals surface area contributed by atoms with Crippen molar-refractivity contribution >= 4 is 11.3 Å². The second-order valence-electron chi connectivity index (χ2n) is 4.61. The molecular weight excluding hydrogens is 259 g/mol. The highest BCUT2D eigenvalue weighted by Crippen LogP contribution is 2.24. The Balaban J connectivity index is 2.23. The molecule has 0 aliphatic heterocycles. The summed E-state index contributed by atoms with van der Waals surface area (Å²) in [5, 5.41) is 6.41. The zero-order chi connectivity index (χ0) is 13.7. The zero-order valence-electron chi connectivity index (χ0n) is 11.3. The van der Waals surface area contributed by atoms with Gasteiger partial charge in [-0.3, -0.25) is 0 Å². The predicted molar refractivity (Wildman–Crippen MR) is 78.0 cm³/mol. The van der Waals surface area contributed by atoms with Crippen LogP contribution in [0.25, 0.3) is 0 Å². The number of thiazole rings is 1. The first kappa shape index (κ1) is 14.2. The van der Waals surface area contributed by atoms with Gasteiger partial charge in [0.25, 0.3) is 0 Å². The van der Waals surface area contributed by atoms with E-state index in [1.807, 2.05) is 17.5 Å². The molecule has 2 aromatic rings. The monoisotopic (exact) mass is 278 g/mol. The molecule has 1 unspecified atom stereocenters. The van der Waals surface area contributed by atoms with Gasteiger partial charge in [-0.1, -0.05) is 25.1 Å². The number of aryl methyl sites for hydroxylation is 1. The van der Waals surface area contributed by atoms with Crippen molar-refractivity contribution < 1.29 is 4.39 Å². The minimum Gasteiger partial charge on any atom is -0.309 e. The number of nitrogens with one attached hydrogen (secondary N) is 1. The summed E-state index contributed by atoms with van der Waals surface area (Å²) in [6, 6.07) is 5.57. The molecule has 1 atom stereocenters. The first-order valence-electron chi connectivity index (χ1n) is 6.59. The van der Waals surface area contributed by atoms with Crippen molar-refractivity contribution in [2.24, 2.45) is 0 Å². The smallest absolute Gasteiger partial charge is 0.130 e. The van der Waals surface area contributed by atoms with Crippen LogP contribution in [0.15, 0.2) is 29.8 Å². The summed E-state index contributed by atoms with van der Waals surface area (Å²) in [7, 11) is 0. The van der Waals surface area contributed by atoms with Gasteiger partial charge in [0.1, 0.15) is 5.82 Å². The average molecular weight is 278 g/mol. The molecule has 1 heterocycles. The summed E-state index contributed by atoms with van der Waals surface area (Å²) in [6.45, 7) is 4.79. The van der Waals surface area contributed by atoms with Crippen LogP contribution in [0, 0.1) is 12.7 Å². The molecule has 0 spiro atoms. The van der Waals surface area contributed by atoms with E-state index in [0.29, 0.717) is 5.56 Å². The maximum absolute atomic E-state index is 14.3. The van der Waals surface area contributed by atoms with Crippen molar-refractivity contribution in [2.75, 3.05) is 6.54 Å². The molecule has 19 heavy (non-hydrogen) atoms. The van der Waals surface area contributed by atoms with Crippen molar-refractivity contribution in [3.63, 3.8) is 0 Å². The van der Waals surface area contributed by atoms with E-state index in [2.05, 4.69) is 17.2 Å². The summed E-state index contributed by atoms with van der Waals surface area (Å²) < 4.78 is 14.3. The predicted octanol–water partition coefficient (Wildman–Crippen LogP) is 3.87. The minimum atomic E-state index is -0.104. The van der Waals surface area contributed by atoms with Gasteiger partial charge in [0.15, 0.2) is 0 Å². The number of hydrogen-bond acceptors (Lipinski definition) is 3. The second-order valence-corrected chi connectivity index (χ2v) is 5.59. The van der Waals surface area contributed by atoms with Crippen LogP contribution in [0.4, 0.5) is 4.39 Å². The molecule has 0 saturated carbocycles. The van der Waals surface area contributed by atoms with E-state index in [-0.39, 0.29) is 11.9 Å². The quantitative estimate of drug-likeness (QED) is 0.867. The Hall–Kier alpha value is -1.26. The zero-order valence-corrected chi connectivity index (χ0v) is 12.1. The van der Waals surface area contributed by atoms with Crippen LogP contribution in [-0.4, -0.2) is 11.5 Å². The Kier molecular flexibility index (Phi) is 5.05. The Labute approximate surface area is 117 Å². The lowest BCUT2D eigenvalue weighted by atomic mass is 10.0. The number of halogens is 1. The fourth-order valence-electron chi connectivity index (χ4n) is 2.08. The third kappa shape index (κ3) is 3.61. The van der Waals surface area contributed by atoms with Gasteiger partial charge in [-0.05, 0) is 25.5 Å². The Morgan fingerprint density at radius 2 is 2.26 bits per heavy atom. The highest BCUT2D eigenvalue weighted by atomic mass is 32.1. The number of benzene rings is 1. The standard InChI is InChI=1S/C15H19FN2S/c1-3-7-17-13(10-14-18-8-9-19-14)12-6-4-5-11(2)15(12)16/h4-6,8-9,13,17H,3,7,10H2,1-2H3. The average Bonchev–Trinajstić information content (AvgIpc) is 2.91. The van der Waals surface area contributed by atoms with Crippen LogP contribution in [-0.2, 0) is 6.42 Å². The molecule has 2 rings (SSSR count). The molecule has 0 amide bonds. The molecule has 0 fully saturated rings. The van der Waals surface area contributed by atoms with Gasteiger partial charge in [-0.2, -0.15) is 0 Å². The normalized spacial score (nSPS) is 12.6. The third-order valence-electron chi connectivity index (χ3n) is 3.10. The first-order chi connectivity index (χ1) is 9.22. The maximum Gasteiger partial charge on any atom is 0.130 e. The molecular formula is C15H19FN2S. The van der Waals surface area contributed by atoms with Crippen LogP contribution in [0.2, 0.25) is 0 Å². The number of hydrogen-bond donors (Lipinski definition) is 1. The van der Waals surface area contributed by atoms with Gasteiger partial charge in [-0.25, -0.2) is 9.37 Å². The summed E-state index contributed by atoms with van der Waals surface area (Å²) in [5.74, 6) is -0.104. The van der Waals surface area contributed by atoms with E-state index in [9.17, 15) is 4.39 Å². The van der Waals surface area contributed by atoms with E-state index < -0.39 is 0 Å². The van der Waals surface area contributed by atoms with Crippen molar-refractivity contribution in [2.45, 2.75) is 32.7 Å². The lowest BCUT2D eigenvalue weighted by Gasteiger charge is -2.19. The third-order valence-corrected chi connectivity index (χ3v) is 3.90. The summed E-state index contributed by atoms with van der Waals surface area (Å²) in [5.41, 5.74) is 1.43. The largest absolute Gasteiger partial charge is 0.309 e. The molecule has 2 nitrogen and oxygen atoms in total. The highest BCUT2D eigenvalue weighted by molar-refractivity contribution is 7.09. The van der Waals surface area contributed by atoms with Gasteiger partial charge >= 0.3 is 0 Å². The summed E-state index contributed by atoms with van der Waals surface area (Å²) in [4.78, 5) is 4.30. The van der Waals surface area contributed by atoms with E-state index in [0.717, 1.165) is 30.0 Å². The molecule has 102 valence electrons. The minimum absolute atomic E-state index is 0.00833. The van der Waals surface area contributed by atoms with E-state index in [4.69, 9.17) is 0 Å². The molecule has 0 radical (unpaired) electrons. The molecule has 0 aliphatic carbocycles. The van der Waals surface area contributed by atoms with E-state index >= 15 is 0 Å². The van der Waals surface area contributed by atoms with Crippen LogP contribution >= 0.6 is 11.3 Å². The van der Waals surface area contributed by atoms with Gasteiger partial charge in [0.05, 0.1) is 5.01 Å². The topological polar surface area (TPSA) is 24.9 Å². The van der Waals surface area contributed by atoms with Gasteiger partial charge in [0.2, 0.25) is 0 Å². The fourth-order valence-corrected chi connectivity index (χ4v) is 2.74. The van der Waals surface area contributed by atoms with E-state index in [1.54, 1.807) is 30.5 Å². The summed E-state index contributed by atoms with van der Waals surface area (Å²) in [6.07, 6.45) is 3.56. The van der Waals surface area contributed by atoms with Crippen LogP contribution in [0.3, 0.4) is 0 Å². The Morgan fingerprint density at radius 1 is 1.42 bits per heavy atom. The lowest BCUT2D eigenvalue weighted by molar-refractivity contribution is 0.494. The molecule has 1 aromatic heterocycles. The summed E-state index contributed by atoms with van der Waals surface area (Å²) >= 11 is 1.62. The van der Waals surface area contributed by atoms with Crippen LogP contribution < -0.4 is 5.32 Å². The fraction of sp³-hybridized carbons (Fsp3) is 0.400.